The molecule has 0 radical (unpaired) electrons. The van der Waals surface area contributed by atoms with E-state index in [2.05, 4.69) is 42.2 Å². The number of furan rings is 1. The summed E-state index contributed by atoms with van der Waals surface area (Å²) in [6, 6.07) is 10.9. The molecule has 1 aliphatic heterocycles. The molecule has 0 atom stereocenters. The van der Waals surface area contributed by atoms with Gasteiger partial charge in [0.05, 0.1) is 6.26 Å². The highest BCUT2D eigenvalue weighted by atomic mass is 16.3. The van der Waals surface area contributed by atoms with E-state index in [9.17, 15) is 0 Å². The fourth-order valence-electron chi connectivity index (χ4n) is 2.39. The predicted octanol–water partition coefficient (Wildman–Crippen LogP) is 3.15. The second kappa shape index (κ2) is 4.38. The molecule has 1 aromatic heterocycles. The van der Waals surface area contributed by atoms with Gasteiger partial charge in [0.15, 0.2) is 0 Å². The Hall–Kier alpha value is -1.54. The van der Waals surface area contributed by atoms with E-state index in [0.717, 1.165) is 26.1 Å². The Labute approximate surface area is 102 Å². The molecular weight excluding hydrogens is 210 g/mol. The maximum atomic E-state index is 5.44. The van der Waals surface area contributed by atoms with Crippen LogP contribution in [0, 0.1) is 6.92 Å². The first kappa shape index (κ1) is 10.6. The van der Waals surface area contributed by atoms with Gasteiger partial charge in [-0.2, -0.15) is 0 Å². The van der Waals surface area contributed by atoms with Crippen LogP contribution in [0.3, 0.4) is 0 Å². The molecule has 0 unspecified atom stereocenters. The number of nitrogens with zero attached hydrogens (tertiary/aromatic N) is 1. The van der Waals surface area contributed by atoms with Gasteiger partial charge in [-0.3, -0.25) is 4.90 Å². The monoisotopic (exact) mass is 227 g/mol. The zero-order valence-corrected chi connectivity index (χ0v) is 10.1. The van der Waals surface area contributed by atoms with E-state index in [0.29, 0.717) is 0 Å². The standard InChI is InChI=1S/C15H17NO/c1-12-2-4-13(5-3-12)10-16-8-6-15-14(11-16)7-9-17-15/h2-5,7,9H,6,8,10-11H2,1H3. The predicted molar refractivity (Wildman–Crippen MR) is 67.7 cm³/mol. The lowest BCUT2D eigenvalue weighted by molar-refractivity contribution is 0.234. The first-order valence-electron chi connectivity index (χ1n) is 6.14. The van der Waals surface area contributed by atoms with Crippen molar-refractivity contribution in [3.05, 3.63) is 59.0 Å². The van der Waals surface area contributed by atoms with Gasteiger partial charge in [0.1, 0.15) is 5.76 Å². The van der Waals surface area contributed by atoms with Gasteiger partial charge in [0.25, 0.3) is 0 Å². The second-order valence-corrected chi connectivity index (χ2v) is 4.82. The summed E-state index contributed by atoms with van der Waals surface area (Å²) in [5.74, 6) is 1.17. The Balaban J connectivity index is 1.69. The van der Waals surface area contributed by atoms with Crippen molar-refractivity contribution in [2.45, 2.75) is 26.4 Å². The Morgan fingerprint density at radius 1 is 1.18 bits per heavy atom. The molecule has 2 heteroatoms. The summed E-state index contributed by atoms with van der Waals surface area (Å²) in [7, 11) is 0. The van der Waals surface area contributed by atoms with E-state index >= 15 is 0 Å². The second-order valence-electron chi connectivity index (χ2n) is 4.82. The van der Waals surface area contributed by atoms with Crippen LogP contribution in [0.5, 0.6) is 0 Å². The van der Waals surface area contributed by atoms with Crippen LogP contribution in [0.1, 0.15) is 22.5 Å². The van der Waals surface area contributed by atoms with Gasteiger partial charge >= 0.3 is 0 Å². The molecule has 0 bridgehead atoms. The topological polar surface area (TPSA) is 16.4 Å². The van der Waals surface area contributed by atoms with Crippen molar-refractivity contribution in [3.63, 3.8) is 0 Å². The van der Waals surface area contributed by atoms with Crippen molar-refractivity contribution in [1.29, 1.82) is 0 Å². The van der Waals surface area contributed by atoms with Crippen LogP contribution >= 0.6 is 0 Å². The zero-order chi connectivity index (χ0) is 11.7. The van der Waals surface area contributed by atoms with Crippen LogP contribution in [0.15, 0.2) is 41.0 Å². The van der Waals surface area contributed by atoms with Gasteiger partial charge in [-0.25, -0.2) is 0 Å². The smallest absolute Gasteiger partial charge is 0.109 e. The van der Waals surface area contributed by atoms with E-state index in [1.54, 1.807) is 6.26 Å². The molecule has 1 aliphatic rings. The zero-order valence-electron chi connectivity index (χ0n) is 10.1. The normalized spacial score (nSPS) is 15.8. The van der Waals surface area contributed by atoms with Crippen LogP contribution in [-0.4, -0.2) is 11.4 Å². The Kier molecular flexibility index (Phi) is 2.73. The number of hydrogen-bond donors (Lipinski definition) is 0. The number of fused-ring (bicyclic) bond motifs is 1. The molecule has 0 saturated heterocycles. The lowest BCUT2D eigenvalue weighted by Gasteiger charge is -2.26. The minimum atomic E-state index is 1.01. The molecule has 17 heavy (non-hydrogen) atoms. The minimum absolute atomic E-state index is 1.01. The molecule has 3 rings (SSSR count). The van der Waals surface area contributed by atoms with E-state index in [1.165, 1.54) is 22.5 Å². The molecular formula is C15H17NO. The van der Waals surface area contributed by atoms with Gasteiger partial charge in [0, 0.05) is 31.6 Å². The third kappa shape index (κ3) is 2.27. The molecule has 1 aromatic carbocycles. The molecule has 0 fully saturated rings. The molecule has 0 aliphatic carbocycles. The third-order valence-electron chi connectivity index (χ3n) is 3.41. The average molecular weight is 227 g/mol. The molecule has 0 spiro atoms. The summed E-state index contributed by atoms with van der Waals surface area (Å²) in [4.78, 5) is 2.47. The number of aryl methyl sites for hydroxylation is 1. The molecule has 0 amide bonds. The number of benzene rings is 1. The van der Waals surface area contributed by atoms with Crippen molar-refractivity contribution in [2.75, 3.05) is 6.54 Å². The molecule has 2 heterocycles. The Bertz CT molecular complexity index is 498. The van der Waals surface area contributed by atoms with E-state index in [4.69, 9.17) is 4.42 Å². The third-order valence-corrected chi connectivity index (χ3v) is 3.41. The first-order valence-corrected chi connectivity index (χ1v) is 6.14. The Morgan fingerprint density at radius 3 is 2.82 bits per heavy atom. The highest BCUT2D eigenvalue weighted by molar-refractivity contribution is 5.23. The molecule has 2 nitrogen and oxygen atoms in total. The fourth-order valence-corrected chi connectivity index (χ4v) is 2.39. The van der Waals surface area contributed by atoms with Crippen LogP contribution < -0.4 is 0 Å². The summed E-state index contributed by atoms with van der Waals surface area (Å²) in [5.41, 5.74) is 4.07. The van der Waals surface area contributed by atoms with E-state index in [-0.39, 0.29) is 0 Å². The van der Waals surface area contributed by atoms with Gasteiger partial charge < -0.3 is 4.42 Å². The summed E-state index contributed by atoms with van der Waals surface area (Å²) in [6.45, 7) is 5.27. The largest absolute Gasteiger partial charge is 0.469 e. The molecule has 0 saturated carbocycles. The van der Waals surface area contributed by atoms with Gasteiger partial charge in [-0.15, -0.1) is 0 Å². The summed E-state index contributed by atoms with van der Waals surface area (Å²) < 4.78 is 5.44. The minimum Gasteiger partial charge on any atom is -0.469 e. The van der Waals surface area contributed by atoms with E-state index < -0.39 is 0 Å². The summed E-state index contributed by atoms with van der Waals surface area (Å²) in [6.07, 6.45) is 2.84. The molecule has 0 N–H and O–H groups in total. The van der Waals surface area contributed by atoms with Crippen molar-refractivity contribution < 1.29 is 4.42 Å². The van der Waals surface area contributed by atoms with Crippen LogP contribution in [-0.2, 0) is 19.5 Å². The maximum Gasteiger partial charge on any atom is 0.109 e. The lowest BCUT2D eigenvalue weighted by Crippen LogP contribution is -2.29. The number of hydrogen-bond acceptors (Lipinski definition) is 2. The van der Waals surface area contributed by atoms with Crippen LogP contribution in [0.2, 0.25) is 0 Å². The van der Waals surface area contributed by atoms with Gasteiger partial charge in [-0.05, 0) is 18.6 Å². The Morgan fingerprint density at radius 2 is 2.00 bits per heavy atom. The summed E-state index contributed by atoms with van der Waals surface area (Å²) >= 11 is 0. The average Bonchev–Trinajstić information content (AvgIpc) is 2.79. The van der Waals surface area contributed by atoms with Crippen molar-refractivity contribution in [2.24, 2.45) is 0 Å². The molecule has 2 aromatic rings. The SMILES string of the molecule is Cc1ccc(CN2CCc3occc3C2)cc1. The van der Waals surface area contributed by atoms with Crippen LogP contribution in [0.25, 0.3) is 0 Å². The maximum absolute atomic E-state index is 5.44. The van der Waals surface area contributed by atoms with Crippen molar-refractivity contribution >= 4 is 0 Å². The summed E-state index contributed by atoms with van der Waals surface area (Å²) in [5, 5.41) is 0. The highest BCUT2D eigenvalue weighted by Gasteiger charge is 2.18. The molecule has 88 valence electrons. The van der Waals surface area contributed by atoms with Gasteiger partial charge in [0.2, 0.25) is 0 Å². The lowest BCUT2D eigenvalue weighted by atomic mass is 10.1. The first-order chi connectivity index (χ1) is 8.31. The van der Waals surface area contributed by atoms with Crippen LogP contribution in [0.4, 0.5) is 0 Å². The van der Waals surface area contributed by atoms with E-state index in [1.807, 2.05) is 0 Å². The quantitative estimate of drug-likeness (QED) is 0.783. The fraction of sp³-hybridized carbons (Fsp3) is 0.333. The highest BCUT2D eigenvalue weighted by Crippen LogP contribution is 2.21. The van der Waals surface area contributed by atoms with Crippen molar-refractivity contribution in [3.8, 4) is 0 Å². The van der Waals surface area contributed by atoms with Crippen molar-refractivity contribution in [1.82, 2.24) is 4.90 Å². The number of rotatable bonds is 2. The van der Waals surface area contributed by atoms with Gasteiger partial charge in [-0.1, -0.05) is 29.8 Å².